The number of rotatable bonds is 5. The predicted molar refractivity (Wildman–Crippen MR) is 72.9 cm³/mol. The number of benzene rings is 1. The number of hydrogen-bond acceptors (Lipinski definition) is 3. The van der Waals surface area contributed by atoms with E-state index in [0.29, 0.717) is 10.9 Å². The summed E-state index contributed by atoms with van der Waals surface area (Å²) < 4.78 is 26.2. The van der Waals surface area contributed by atoms with E-state index in [4.69, 9.17) is 5.11 Å². The molecule has 4 nitrogen and oxygen atoms in total. The van der Waals surface area contributed by atoms with Crippen molar-refractivity contribution in [2.24, 2.45) is 0 Å². The molecular formula is C14H11F2NO3S. The second-order valence-electron chi connectivity index (χ2n) is 4.27. The zero-order chi connectivity index (χ0) is 15.4. The number of aliphatic carboxylic acids is 1. The van der Waals surface area contributed by atoms with Crippen molar-refractivity contribution < 1.29 is 23.5 Å². The number of amides is 1. The van der Waals surface area contributed by atoms with E-state index >= 15 is 0 Å². The quantitative estimate of drug-likeness (QED) is 0.891. The van der Waals surface area contributed by atoms with Crippen molar-refractivity contribution in [3.63, 3.8) is 0 Å². The number of carboxylic acid groups (broad SMARTS) is 1. The molecule has 1 heterocycles. The topological polar surface area (TPSA) is 66.4 Å². The Hall–Kier alpha value is -2.28. The summed E-state index contributed by atoms with van der Waals surface area (Å²) in [5.41, 5.74) is 0.00391. The van der Waals surface area contributed by atoms with E-state index in [1.807, 2.05) is 0 Å². The van der Waals surface area contributed by atoms with Gasteiger partial charge in [-0.1, -0.05) is 12.1 Å². The van der Waals surface area contributed by atoms with Crippen LogP contribution in [0.1, 0.15) is 16.5 Å². The van der Waals surface area contributed by atoms with Gasteiger partial charge < -0.3 is 10.4 Å². The molecular weight excluding hydrogens is 300 g/mol. The highest BCUT2D eigenvalue weighted by atomic mass is 32.1. The van der Waals surface area contributed by atoms with Gasteiger partial charge >= 0.3 is 5.97 Å². The lowest BCUT2D eigenvalue weighted by Gasteiger charge is -2.13. The zero-order valence-corrected chi connectivity index (χ0v) is 11.5. The summed E-state index contributed by atoms with van der Waals surface area (Å²) in [6, 6.07) is 4.95. The van der Waals surface area contributed by atoms with Gasteiger partial charge in [-0.25, -0.2) is 13.6 Å². The maximum Gasteiger partial charge on any atom is 0.331 e. The Kier molecular flexibility index (Phi) is 4.64. The first-order valence-corrected chi connectivity index (χ1v) is 6.85. The van der Waals surface area contributed by atoms with Crippen LogP contribution < -0.4 is 5.32 Å². The van der Waals surface area contributed by atoms with Crippen LogP contribution in [0.4, 0.5) is 8.78 Å². The second kappa shape index (κ2) is 6.45. The third-order valence-corrected chi connectivity index (χ3v) is 3.68. The largest absolute Gasteiger partial charge is 0.479 e. The van der Waals surface area contributed by atoms with Gasteiger partial charge in [0.1, 0.15) is 11.6 Å². The van der Waals surface area contributed by atoms with Crippen molar-refractivity contribution in [2.75, 3.05) is 0 Å². The number of carboxylic acids is 1. The molecule has 0 saturated heterocycles. The molecule has 0 spiro atoms. The molecule has 0 radical (unpaired) electrons. The highest BCUT2D eigenvalue weighted by molar-refractivity contribution is 7.10. The highest BCUT2D eigenvalue weighted by Gasteiger charge is 2.23. The second-order valence-corrected chi connectivity index (χ2v) is 5.25. The first-order chi connectivity index (χ1) is 9.97. The average molecular weight is 311 g/mol. The van der Waals surface area contributed by atoms with Crippen molar-refractivity contribution in [3.8, 4) is 0 Å². The molecule has 0 saturated carbocycles. The van der Waals surface area contributed by atoms with Crippen LogP contribution in [0.5, 0.6) is 0 Å². The Morgan fingerprint density at radius 1 is 1.29 bits per heavy atom. The fraction of sp³-hybridized carbons (Fsp3) is 0.143. The zero-order valence-electron chi connectivity index (χ0n) is 10.7. The molecule has 1 aromatic carbocycles. The molecule has 0 bridgehead atoms. The summed E-state index contributed by atoms with van der Waals surface area (Å²) in [6.45, 7) is 0. The number of hydrogen-bond donors (Lipinski definition) is 2. The molecule has 0 aliphatic rings. The summed E-state index contributed by atoms with van der Waals surface area (Å²) in [5, 5.41) is 13.1. The Bertz CT molecular complexity index is 658. The van der Waals surface area contributed by atoms with Crippen molar-refractivity contribution in [1.29, 1.82) is 0 Å². The predicted octanol–water partition coefficient (Wildman–Crippen LogP) is 2.51. The number of carbonyl (C=O) groups excluding carboxylic acids is 1. The van der Waals surface area contributed by atoms with Gasteiger partial charge in [0.05, 0.1) is 6.42 Å². The minimum Gasteiger partial charge on any atom is -0.479 e. The van der Waals surface area contributed by atoms with Crippen LogP contribution in [0.15, 0.2) is 35.7 Å². The molecule has 1 amide bonds. The van der Waals surface area contributed by atoms with Gasteiger partial charge in [0.2, 0.25) is 5.91 Å². The Morgan fingerprint density at radius 2 is 2.05 bits per heavy atom. The average Bonchev–Trinajstić information content (AvgIpc) is 2.92. The fourth-order valence-electron chi connectivity index (χ4n) is 1.76. The maximum absolute atomic E-state index is 13.4. The van der Waals surface area contributed by atoms with Gasteiger partial charge in [0.15, 0.2) is 6.04 Å². The smallest absolute Gasteiger partial charge is 0.331 e. The molecule has 0 aliphatic heterocycles. The molecule has 0 fully saturated rings. The van der Waals surface area contributed by atoms with Crippen LogP contribution in [0.2, 0.25) is 0 Å². The lowest BCUT2D eigenvalue weighted by molar-refractivity contribution is -0.141. The monoisotopic (exact) mass is 311 g/mol. The first-order valence-electron chi connectivity index (χ1n) is 5.97. The first kappa shape index (κ1) is 15.1. The number of thiophene rings is 1. The molecule has 1 atom stereocenters. The van der Waals surface area contributed by atoms with Crippen LogP contribution in [-0.2, 0) is 16.0 Å². The van der Waals surface area contributed by atoms with Gasteiger partial charge in [-0.05, 0) is 23.1 Å². The number of halogens is 2. The Morgan fingerprint density at radius 3 is 2.62 bits per heavy atom. The van der Waals surface area contributed by atoms with E-state index in [1.165, 1.54) is 11.3 Å². The lowest BCUT2D eigenvalue weighted by atomic mass is 10.1. The third-order valence-electron chi connectivity index (χ3n) is 2.75. The molecule has 1 aromatic heterocycles. The highest BCUT2D eigenvalue weighted by Crippen LogP contribution is 2.19. The molecule has 1 unspecified atom stereocenters. The summed E-state index contributed by atoms with van der Waals surface area (Å²) in [6.07, 6.45) is -0.360. The van der Waals surface area contributed by atoms with Gasteiger partial charge in [0, 0.05) is 10.9 Å². The molecule has 110 valence electrons. The third kappa shape index (κ3) is 3.85. The minimum absolute atomic E-state index is 0.00391. The van der Waals surface area contributed by atoms with Crippen molar-refractivity contribution >= 4 is 23.2 Å². The van der Waals surface area contributed by atoms with E-state index in [2.05, 4.69) is 5.32 Å². The molecule has 21 heavy (non-hydrogen) atoms. The van der Waals surface area contributed by atoms with Crippen LogP contribution in [-0.4, -0.2) is 17.0 Å². The van der Waals surface area contributed by atoms with Gasteiger partial charge in [-0.3, -0.25) is 4.79 Å². The number of nitrogens with one attached hydrogen (secondary N) is 1. The normalized spacial score (nSPS) is 11.9. The van der Waals surface area contributed by atoms with E-state index in [1.54, 1.807) is 17.5 Å². The van der Waals surface area contributed by atoms with E-state index in [-0.39, 0.29) is 12.0 Å². The van der Waals surface area contributed by atoms with E-state index in [9.17, 15) is 18.4 Å². The van der Waals surface area contributed by atoms with Crippen LogP contribution in [0.25, 0.3) is 0 Å². The summed E-state index contributed by atoms with van der Waals surface area (Å²) in [7, 11) is 0. The Labute approximate surface area is 123 Å². The van der Waals surface area contributed by atoms with E-state index in [0.717, 1.165) is 12.1 Å². The standard InChI is InChI=1S/C14H11F2NO3S/c15-9-4-3-8(10(16)7-9)6-12(18)17-13(14(19)20)11-2-1-5-21-11/h1-5,7,13H,6H2,(H,17,18)(H,19,20). The molecule has 2 N–H and O–H groups in total. The number of carbonyl (C=O) groups is 2. The molecule has 2 aromatic rings. The van der Waals surface area contributed by atoms with Crippen molar-refractivity contribution in [1.82, 2.24) is 5.32 Å². The van der Waals surface area contributed by atoms with Crippen molar-refractivity contribution in [3.05, 3.63) is 57.8 Å². The fourth-order valence-corrected chi connectivity index (χ4v) is 2.53. The van der Waals surface area contributed by atoms with Crippen LogP contribution in [0, 0.1) is 11.6 Å². The minimum atomic E-state index is -1.20. The summed E-state index contributed by atoms with van der Waals surface area (Å²) in [5.74, 6) is -3.43. The van der Waals surface area contributed by atoms with Gasteiger partial charge in [-0.2, -0.15) is 0 Å². The maximum atomic E-state index is 13.4. The van der Waals surface area contributed by atoms with Crippen molar-refractivity contribution in [2.45, 2.75) is 12.5 Å². The van der Waals surface area contributed by atoms with Gasteiger partial charge in [-0.15, -0.1) is 11.3 Å². The molecule has 2 rings (SSSR count). The lowest BCUT2D eigenvalue weighted by Crippen LogP contribution is -2.34. The molecule has 0 aliphatic carbocycles. The van der Waals surface area contributed by atoms with Gasteiger partial charge in [0.25, 0.3) is 0 Å². The van der Waals surface area contributed by atoms with Crippen LogP contribution in [0.3, 0.4) is 0 Å². The summed E-state index contributed by atoms with van der Waals surface area (Å²) in [4.78, 5) is 23.5. The summed E-state index contributed by atoms with van der Waals surface area (Å²) >= 11 is 1.19. The Balaban J connectivity index is 2.08. The van der Waals surface area contributed by atoms with Crippen LogP contribution >= 0.6 is 11.3 Å². The van der Waals surface area contributed by atoms with E-state index < -0.39 is 29.6 Å². The SMILES string of the molecule is O=C(Cc1ccc(F)cc1F)NC(C(=O)O)c1cccs1. The molecule has 7 heteroatoms.